The molecule has 7 nitrogen and oxygen atoms in total. The largest absolute Gasteiger partial charge is 0.493 e. The minimum absolute atomic E-state index is 0.193. The molecule has 0 saturated carbocycles. The number of hydrogen-bond donors (Lipinski definition) is 1. The average molecular weight is 527 g/mol. The number of carbonyl (C=O) groups excluding carboxylic acids is 1. The number of methoxy groups -OCH3 is 3. The summed E-state index contributed by atoms with van der Waals surface area (Å²) < 4.78 is 22.0. The summed E-state index contributed by atoms with van der Waals surface area (Å²) in [6, 6.07) is 18.0. The monoisotopic (exact) mass is 526 g/mol. The van der Waals surface area contributed by atoms with Crippen LogP contribution in [0.5, 0.6) is 17.2 Å². The Bertz CT molecular complexity index is 1230. The Balaban J connectivity index is 1.61. The highest BCUT2D eigenvalue weighted by atomic mass is 35.5. The van der Waals surface area contributed by atoms with Crippen molar-refractivity contribution in [2.45, 2.75) is 12.5 Å². The summed E-state index contributed by atoms with van der Waals surface area (Å²) in [5.74, 6) is 1.56. The third kappa shape index (κ3) is 5.66. The third-order valence-electron chi connectivity index (χ3n) is 6.04. The van der Waals surface area contributed by atoms with Gasteiger partial charge in [0.25, 0.3) is 0 Å². The second-order valence-corrected chi connectivity index (χ2v) is 8.95. The maximum atomic E-state index is 11.7. The van der Waals surface area contributed by atoms with Gasteiger partial charge in [0.2, 0.25) is 0 Å². The van der Waals surface area contributed by atoms with Crippen molar-refractivity contribution in [2.24, 2.45) is 0 Å². The van der Waals surface area contributed by atoms with E-state index in [0.29, 0.717) is 46.1 Å². The summed E-state index contributed by atoms with van der Waals surface area (Å²) >= 11 is 11.8. The van der Waals surface area contributed by atoms with Gasteiger partial charge in [-0.2, -0.15) is 0 Å². The molecule has 0 aromatic heterocycles. The summed E-state index contributed by atoms with van der Waals surface area (Å²) in [5, 5.41) is 4.54. The number of hydrogen-bond acceptors (Lipinski definition) is 6. The molecule has 36 heavy (non-hydrogen) atoms. The molecule has 0 spiro atoms. The molecule has 0 unspecified atom stereocenters. The Labute approximate surface area is 220 Å². The lowest BCUT2D eigenvalue weighted by atomic mass is 9.92. The molecule has 0 fully saturated rings. The quantitative estimate of drug-likeness (QED) is 0.319. The Morgan fingerprint density at radius 1 is 1.03 bits per heavy atom. The fourth-order valence-electron chi connectivity index (χ4n) is 4.16. The molecule has 3 aromatic carbocycles. The maximum Gasteiger partial charge on any atom is 0.337 e. The van der Waals surface area contributed by atoms with Crippen molar-refractivity contribution in [2.75, 3.05) is 39.8 Å². The van der Waals surface area contributed by atoms with Gasteiger partial charge in [0.05, 0.1) is 32.9 Å². The van der Waals surface area contributed by atoms with E-state index in [1.54, 1.807) is 38.5 Å². The average Bonchev–Trinajstić information content (AvgIpc) is 2.91. The Hall–Kier alpha value is -3.49. The zero-order chi connectivity index (χ0) is 25.7. The lowest BCUT2D eigenvalue weighted by Gasteiger charge is -2.39. The number of ether oxygens (including phenoxy) is 4. The number of halogens is 1. The van der Waals surface area contributed by atoms with Crippen molar-refractivity contribution >= 4 is 40.6 Å². The smallest absolute Gasteiger partial charge is 0.337 e. The van der Waals surface area contributed by atoms with E-state index >= 15 is 0 Å². The topological polar surface area (TPSA) is 69.3 Å². The first-order valence-electron chi connectivity index (χ1n) is 11.3. The van der Waals surface area contributed by atoms with Crippen LogP contribution in [0.25, 0.3) is 0 Å². The normalized spacial score (nSPS) is 14.4. The van der Waals surface area contributed by atoms with E-state index in [2.05, 4.69) is 10.2 Å². The Morgan fingerprint density at radius 3 is 2.33 bits per heavy atom. The van der Waals surface area contributed by atoms with Crippen LogP contribution in [-0.4, -0.2) is 50.5 Å². The van der Waals surface area contributed by atoms with Gasteiger partial charge in [0.1, 0.15) is 12.4 Å². The predicted octanol–water partition coefficient (Wildman–Crippen LogP) is 5.52. The first-order chi connectivity index (χ1) is 17.4. The first kappa shape index (κ1) is 25.6. The van der Waals surface area contributed by atoms with Gasteiger partial charge in [-0.25, -0.2) is 4.79 Å². The van der Waals surface area contributed by atoms with Gasteiger partial charge < -0.3 is 29.2 Å². The van der Waals surface area contributed by atoms with Gasteiger partial charge in [-0.3, -0.25) is 0 Å². The number of fused-ring (bicyclic) bond motifs is 1. The van der Waals surface area contributed by atoms with E-state index in [9.17, 15) is 4.79 Å². The molecule has 0 aliphatic carbocycles. The molecular weight excluding hydrogens is 500 g/mol. The lowest BCUT2D eigenvalue weighted by Crippen LogP contribution is -2.44. The van der Waals surface area contributed by atoms with Gasteiger partial charge in [0, 0.05) is 17.3 Å². The lowest BCUT2D eigenvalue weighted by molar-refractivity contribution is 0.0600. The molecule has 1 heterocycles. The zero-order valence-electron chi connectivity index (χ0n) is 20.2. The van der Waals surface area contributed by atoms with E-state index in [-0.39, 0.29) is 6.04 Å². The zero-order valence-corrected chi connectivity index (χ0v) is 21.8. The molecule has 0 radical (unpaired) electrons. The van der Waals surface area contributed by atoms with Crippen LogP contribution in [-0.2, 0) is 11.2 Å². The predicted molar refractivity (Wildman–Crippen MR) is 144 cm³/mol. The molecule has 1 aliphatic heterocycles. The molecule has 188 valence electrons. The molecule has 9 heteroatoms. The van der Waals surface area contributed by atoms with E-state index < -0.39 is 5.97 Å². The van der Waals surface area contributed by atoms with Gasteiger partial charge in [-0.15, -0.1) is 0 Å². The SMILES string of the molecule is COC(=O)c1ccc(OC[C@@H]2c3cc(OC)c(OC)cc3CCN2C(=S)Nc2ccc(Cl)cc2)cc1. The number of anilines is 1. The van der Waals surface area contributed by atoms with Crippen LogP contribution < -0.4 is 19.5 Å². The van der Waals surface area contributed by atoms with Crippen LogP contribution in [0.1, 0.15) is 27.5 Å². The van der Waals surface area contributed by atoms with E-state index in [4.69, 9.17) is 42.8 Å². The summed E-state index contributed by atoms with van der Waals surface area (Å²) in [6.07, 6.45) is 0.780. The van der Waals surface area contributed by atoms with Crippen LogP contribution in [0, 0.1) is 0 Å². The first-order valence-corrected chi connectivity index (χ1v) is 12.1. The van der Waals surface area contributed by atoms with Gasteiger partial charge in [0.15, 0.2) is 16.6 Å². The Kier molecular flexibility index (Phi) is 8.18. The second kappa shape index (κ2) is 11.5. The van der Waals surface area contributed by atoms with Gasteiger partial charge >= 0.3 is 5.97 Å². The van der Waals surface area contributed by atoms with E-state index in [1.807, 2.05) is 36.4 Å². The molecule has 1 N–H and O–H groups in total. The number of nitrogens with one attached hydrogen (secondary N) is 1. The van der Waals surface area contributed by atoms with Crippen LogP contribution in [0.3, 0.4) is 0 Å². The van der Waals surface area contributed by atoms with E-state index in [1.165, 1.54) is 7.11 Å². The molecule has 3 aromatic rings. The molecule has 0 bridgehead atoms. The summed E-state index contributed by atoms with van der Waals surface area (Å²) in [4.78, 5) is 13.9. The fraction of sp³-hybridized carbons (Fsp3) is 0.259. The van der Waals surface area contributed by atoms with Crippen LogP contribution >= 0.6 is 23.8 Å². The highest BCUT2D eigenvalue weighted by Gasteiger charge is 2.31. The molecule has 0 amide bonds. The summed E-state index contributed by atoms with van der Waals surface area (Å²) in [6.45, 7) is 1.01. The molecule has 4 rings (SSSR count). The number of benzene rings is 3. The number of nitrogens with zero attached hydrogens (tertiary/aromatic N) is 1. The minimum atomic E-state index is -0.395. The number of rotatable bonds is 7. The van der Waals surface area contributed by atoms with Gasteiger partial charge in [-0.05, 0) is 90.4 Å². The van der Waals surface area contributed by atoms with Crippen LogP contribution in [0.2, 0.25) is 5.02 Å². The van der Waals surface area contributed by atoms with Gasteiger partial charge in [-0.1, -0.05) is 11.6 Å². The van der Waals surface area contributed by atoms with Crippen molar-refractivity contribution in [3.8, 4) is 17.2 Å². The minimum Gasteiger partial charge on any atom is -0.493 e. The summed E-state index contributed by atoms with van der Waals surface area (Å²) in [5.41, 5.74) is 3.50. The number of thiocarbonyl (C=S) groups is 1. The van der Waals surface area contributed by atoms with Crippen LogP contribution in [0.4, 0.5) is 5.69 Å². The highest BCUT2D eigenvalue weighted by molar-refractivity contribution is 7.80. The maximum absolute atomic E-state index is 11.7. The van der Waals surface area contributed by atoms with Crippen molar-refractivity contribution < 1.29 is 23.7 Å². The molecule has 1 aliphatic rings. The summed E-state index contributed by atoms with van der Waals surface area (Å²) in [7, 11) is 4.60. The second-order valence-electron chi connectivity index (χ2n) is 8.13. The number of carbonyl (C=O) groups is 1. The standard InChI is InChI=1S/C27H27ClN2O5S/c1-32-24-14-18-12-13-30(27(36)29-20-8-6-19(28)7-9-20)23(22(18)15-25(24)33-2)16-35-21-10-4-17(5-11-21)26(31)34-3/h4-11,14-15,23H,12-13,16H2,1-3H3,(H,29,36)/t23-/m1/s1. The van der Waals surface area contributed by atoms with Crippen molar-refractivity contribution in [1.29, 1.82) is 0 Å². The highest BCUT2D eigenvalue weighted by Crippen LogP contribution is 2.38. The molecule has 1 atom stereocenters. The van der Waals surface area contributed by atoms with Crippen LogP contribution in [0.15, 0.2) is 60.7 Å². The van der Waals surface area contributed by atoms with E-state index in [0.717, 1.165) is 23.2 Å². The van der Waals surface area contributed by atoms with Crippen molar-refractivity contribution in [1.82, 2.24) is 4.90 Å². The number of esters is 1. The van der Waals surface area contributed by atoms with Crippen molar-refractivity contribution in [3.63, 3.8) is 0 Å². The van der Waals surface area contributed by atoms with Crippen molar-refractivity contribution in [3.05, 3.63) is 82.4 Å². The molecular formula is C27H27ClN2O5S. The molecule has 0 saturated heterocycles. The fourth-order valence-corrected chi connectivity index (χ4v) is 4.62. The Morgan fingerprint density at radius 2 is 1.69 bits per heavy atom. The third-order valence-corrected chi connectivity index (χ3v) is 6.63.